The van der Waals surface area contributed by atoms with E-state index in [1.807, 2.05) is 45.0 Å². The fourth-order valence-electron chi connectivity index (χ4n) is 3.52. The lowest BCUT2D eigenvalue weighted by molar-refractivity contribution is -0.111. The number of fused-ring (bicyclic) bond motifs is 1. The van der Waals surface area contributed by atoms with Crippen LogP contribution in [0.15, 0.2) is 60.7 Å². The van der Waals surface area contributed by atoms with Crippen LogP contribution in [0.1, 0.15) is 22.5 Å². The van der Waals surface area contributed by atoms with Gasteiger partial charge in [-0.2, -0.15) is 5.10 Å². The smallest absolute Gasteiger partial charge is 0.248 e. The average Bonchev–Trinajstić information content (AvgIpc) is 3.44. The summed E-state index contributed by atoms with van der Waals surface area (Å²) in [6.45, 7) is 6.20. The molecule has 9 heteroatoms. The third-order valence-corrected chi connectivity index (χ3v) is 5.66. The lowest BCUT2D eigenvalue weighted by Gasteiger charge is -2.07. The number of nitrogens with zero attached hydrogens (tertiary/aromatic N) is 4. The fraction of sp³-hybridized carbons (Fsp3) is 0.154. The highest BCUT2D eigenvalue weighted by atomic mass is 16.7. The molecular formula is C26H23N5O4. The molecule has 35 heavy (non-hydrogen) atoms. The van der Waals surface area contributed by atoms with Crippen LogP contribution in [-0.2, 0) is 4.79 Å². The van der Waals surface area contributed by atoms with Crippen molar-refractivity contribution in [1.29, 1.82) is 0 Å². The molecule has 2 aromatic heterocycles. The molecule has 0 unspecified atom stereocenters. The first-order valence-electron chi connectivity index (χ1n) is 11.0. The topological polar surface area (TPSA) is 100 Å². The number of aromatic nitrogens is 4. The van der Waals surface area contributed by atoms with E-state index < -0.39 is 0 Å². The van der Waals surface area contributed by atoms with Crippen molar-refractivity contribution in [2.24, 2.45) is 0 Å². The molecule has 1 amide bonds. The number of hydrogen-bond acceptors (Lipinski definition) is 7. The normalized spacial score (nSPS) is 12.2. The van der Waals surface area contributed by atoms with Gasteiger partial charge < -0.3 is 19.5 Å². The molecule has 0 atom stereocenters. The van der Waals surface area contributed by atoms with Crippen molar-refractivity contribution >= 4 is 17.7 Å². The quantitative estimate of drug-likeness (QED) is 0.406. The predicted octanol–water partition coefficient (Wildman–Crippen LogP) is 4.76. The number of anilines is 1. The molecule has 0 bridgehead atoms. The monoisotopic (exact) mass is 469 g/mol. The van der Waals surface area contributed by atoms with E-state index >= 15 is 0 Å². The number of nitrogens with one attached hydrogen (secondary N) is 1. The van der Waals surface area contributed by atoms with Gasteiger partial charge in [0.15, 0.2) is 17.3 Å². The van der Waals surface area contributed by atoms with Crippen LogP contribution in [0.2, 0.25) is 0 Å². The third kappa shape index (κ3) is 4.84. The number of ether oxygens (including phenoxy) is 3. The number of aryl methyl sites for hydroxylation is 1. The highest BCUT2D eigenvalue weighted by Gasteiger charge is 2.13. The first-order valence-corrected chi connectivity index (χ1v) is 11.0. The van der Waals surface area contributed by atoms with E-state index in [-0.39, 0.29) is 12.7 Å². The number of amides is 1. The summed E-state index contributed by atoms with van der Waals surface area (Å²) in [4.78, 5) is 12.3. The Morgan fingerprint density at radius 2 is 1.80 bits per heavy atom. The molecule has 0 spiro atoms. The molecule has 2 aromatic carbocycles. The van der Waals surface area contributed by atoms with Crippen molar-refractivity contribution in [2.75, 3.05) is 12.1 Å². The first-order chi connectivity index (χ1) is 17.0. The Morgan fingerprint density at radius 3 is 2.51 bits per heavy atom. The Hall–Kier alpha value is -4.66. The van der Waals surface area contributed by atoms with Gasteiger partial charge in [0.25, 0.3) is 0 Å². The largest absolute Gasteiger partial charge is 0.454 e. The molecule has 0 aliphatic carbocycles. The molecule has 0 saturated heterocycles. The van der Waals surface area contributed by atoms with Crippen LogP contribution in [-0.4, -0.2) is 32.7 Å². The van der Waals surface area contributed by atoms with Gasteiger partial charge in [-0.15, -0.1) is 10.2 Å². The van der Waals surface area contributed by atoms with Gasteiger partial charge in [0.2, 0.25) is 18.6 Å². The minimum atomic E-state index is -0.253. The number of carbonyl (C=O) groups excluding carboxylic acids is 1. The number of hydrogen-bond donors (Lipinski definition) is 1. The summed E-state index contributed by atoms with van der Waals surface area (Å²) >= 11 is 0. The van der Waals surface area contributed by atoms with Gasteiger partial charge in [0.1, 0.15) is 5.75 Å². The van der Waals surface area contributed by atoms with Crippen LogP contribution < -0.4 is 19.5 Å². The molecule has 0 saturated carbocycles. The van der Waals surface area contributed by atoms with Gasteiger partial charge in [-0.25, -0.2) is 4.68 Å². The lowest BCUT2D eigenvalue weighted by Crippen LogP contribution is -2.07. The zero-order valence-corrected chi connectivity index (χ0v) is 19.5. The number of carbonyl (C=O) groups is 1. The molecule has 1 N–H and O–H groups in total. The van der Waals surface area contributed by atoms with Crippen LogP contribution in [0.3, 0.4) is 0 Å². The Labute approximate surface area is 202 Å². The minimum absolute atomic E-state index is 0.213. The van der Waals surface area contributed by atoms with Gasteiger partial charge in [0, 0.05) is 23.5 Å². The molecule has 1 aliphatic rings. The Kier molecular flexibility index (Phi) is 5.88. The van der Waals surface area contributed by atoms with E-state index in [2.05, 4.69) is 20.6 Å². The SMILES string of the molecule is Cc1nn(-c2ccc(Oc3ccc(NC(=O)/C=C/c4ccc5c(c4)OCO5)cc3)nn2)c(C)c1C. The number of benzene rings is 2. The van der Waals surface area contributed by atoms with Crippen LogP contribution in [0.25, 0.3) is 11.9 Å². The van der Waals surface area contributed by atoms with Crippen molar-refractivity contribution in [2.45, 2.75) is 20.8 Å². The van der Waals surface area contributed by atoms with Crippen LogP contribution in [0, 0.1) is 20.8 Å². The van der Waals surface area contributed by atoms with Gasteiger partial charge in [-0.05, 0) is 80.4 Å². The van der Waals surface area contributed by atoms with Gasteiger partial charge >= 0.3 is 0 Å². The summed E-state index contributed by atoms with van der Waals surface area (Å²) in [5, 5.41) is 15.7. The van der Waals surface area contributed by atoms with Gasteiger partial charge in [-0.3, -0.25) is 4.79 Å². The summed E-state index contributed by atoms with van der Waals surface area (Å²) < 4.78 is 18.2. The van der Waals surface area contributed by atoms with Crippen molar-refractivity contribution < 1.29 is 19.0 Å². The van der Waals surface area contributed by atoms with E-state index in [4.69, 9.17) is 14.2 Å². The second-order valence-electron chi connectivity index (χ2n) is 8.00. The zero-order valence-electron chi connectivity index (χ0n) is 19.5. The van der Waals surface area contributed by atoms with Gasteiger partial charge in [-0.1, -0.05) is 6.07 Å². The van der Waals surface area contributed by atoms with Gasteiger partial charge in [0.05, 0.1) is 5.69 Å². The number of rotatable bonds is 6. The van der Waals surface area contributed by atoms with E-state index in [0.717, 1.165) is 22.5 Å². The highest BCUT2D eigenvalue weighted by molar-refractivity contribution is 6.02. The molecule has 3 heterocycles. The molecule has 1 aliphatic heterocycles. The zero-order chi connectivity index (χ0) is 24.4. The third-order valence-electron chi connectivity index (χ3n) is 5.66. The maximum atomic E-state index is 12.3. The Balaban J connectivity index is 1.18. The van der Waals surface area contributed by atoms with E-state index in [1.165, 1.54) is 6.08 Å². The molecule has 0 radical (unpaired) electrons. The molecule has 4 aromatic rings. The van der Waals surface area contributed by atoms with Crippen molar-refractivity contribution in [3.63, 3.8) is 0 Å². The molecule has 176 valence electrons. The van der Waals surface area contributed by atoms with E-state index in [0.29, 0.717) is 34.6 Å². The summed E-state index contributed by atoms with van der Waals surface area (Å²) in [5.74, 6) is 2.67. The van der Waals surface area contributed by atoms with Crippen molar-refractivity contribution in [3.05, 3.63) is 83.2 Å². The fourth-order valence-corrected chi connectivity index (χ4v) is 3.52. The summed E-state index contributed by atoms with van der Waals surface area (Å²) in [7, 11) is 0. The van der Waals surface area contributed by atoms with E-state index in [9.17, 15) is 4.79 Å². The van der Waals surface area contributed by atoms with Crippen molar-refractivity contribution in [3.8, 4) is 28.9 Å². The standard InChI is InChI=1S/C26H23N5O4/c1-16-17(2)30-31(18(16)3)24-11-13-26(29-28-24)35-21-8-6-20(7-9-21)27-25(32)12-5-19-4-10-22-23(14-19)34-15-33-22/h4-14H,15H2,1-3H3,(H,27,32)/b12-5+. The van der Waals surface area contributed by atoms with Crippen LogP contribution in [0.4, 0.5) is 5.69 Å². The van der Waals surface area contributed by atoms with E-state index in [1.54, 1.807) is 41.1 Å². The van der Waals surface area contributed by atoms with Crippen LogP contribution in [0.5, 0.6) is 23.1 Å². The highest BCUT2D eigenvalue weighted by Crippen LogP contribution is 2.32. The Morgan fingerprint density at radius 1 is 1.00 bits per heavy atom. The summed E-state index contributed by atoms with van der Waals surface area (Å²) in [6.07, 6.45) is 3.17. The summed E-state index contributed by atoms with van der Waals surface area (Å²) in [5.41, 5.74) is 4.59. The van der Waals surface area contributed by atoms with Crippen molar-refractivity contribution in [1.82, 2.24) is 20.0 Å². The first kappa shape index (κ1) is 22.1. The Bertz CT molecular complexity index is 1410. The second-order valence-corrected chi connectivity index (χ2v) is 8.00. The predicted molar refractivity (Wildman–Crippen MR) is 130 cm³/mol. The minimum Gasteiger partial charge on any atom is -0.454 e. The molecular weight excluding hydrogens is 446 g/mol. The maximum Gasteiger partial charge on any atom is 0.248 e. The van der Waals surface area contributed by atoms with Crippen LogP contribution >= 0.6 is 0 Å². The lowest BCUT2D eigenvalue weighted by atomic mass is 10.2. The molecule has 0 fully saturated rings. The molecule has 5 rings (SSSR count). The average molecular weight is 470 g/mol. The second kappa shape index (κ2) is 9.30. The molecule has 9 nitrogen and oxygen atoms in total. The summed E-state index contributed by atoms with van der Waals surface area (Å²) in [6, 6.07) is 16.0. The maximum absolute atomic E-state index is 12.3.